The van der Waals surface area contributed by atoms with Crippen LogP contribution in [0.3, 0.4) is 0 Å². The van der Waals surface area contributed by atoms with Crippen LogP contribution in [0.4, 0.5) is 0 Å². The van der Waals surface area contributed by atoms with Crippen molar-refractivity contribution < 1.29 is 8.42 Å². The Labute approximate surface area is 75.8 Å². The second-order valence-corrected chi connectivity index (χ2v) is 4.26. The molecular formula is C5H9N3O2S2. The molecule has 0 unspecified atom stereocenters. The monoisotopic (exact) mass is 207 g/mol. The number of rotatable bonds is 0. The van der Waals surface area contributed by atoms with Crippen LogP contribution < -0.4 is 0 Å². The Morgan fingerprint density at radius 1 is 1.42 bits per heavy atom. The van der Waals surface area contributed by atoms with E-state index in [1.54, 1.807) is 25.1 Å². The van der Waals surface area contributed by atoms with Gasteiger partial charge < -0.3 is 4.90 Å². The molecule has 0 amide bonds. The van der Waals surface area contributed by atoms with Crippen LogP contribution in [0, 0.1) is 0 Å². The van der Waals surface area contributed by atoms with E-state index in [0.717, 1.165) is 0 Å². The molecule has 0 fully saturated rings. The first kappa shape index (κ1) is 9.53. The van der Waals surface area contributed by atoms with Gasteiger partial charge in [0.05, 0.1) is 0 Å². The highest BCUT2D eigenvalue weighted by molar-refractivity contribution is 8.13. The van der Waals surface area contributed by atoms with Gasteiger partial charge in [-0.25, -0.2) is 0 Å². The van der Waals surface area contributed by atoms with E-state index in [2.05, 4.69) is 8.80 Å². The highest BCUT2D eigenvalue weighted by Gasteiger charge is 2.20. The summed E-state index contributed by atoms with van der Waals surface area (Å²) in [6.07, 6.45) is 1.77. The zero-order chi connectivity index (χ0) is 9.35. The van der Waals surface area contributed by atoms with Gasteiger partial charge in [-0.1, -0.05) is 11.8 Å². The molecule has 68 valence electrons. The first-order valence-corrected chi connectivity index (χ1v) is 5.77. The Bertz CT molecular complexity index is 344. The van der Waals surface area contributed by atoms with E-state index in [4.69, 9.17) is 0 Å². The molecule has 0 aromatic carbocycles. The van der Waals surface area contributed by atoms with Crippen molar-refractivity contribution in [1.82, 2.24) is 4.90 Å². The maximum atomic E-state index is 11.0. The van der Waals surface area contributed by atoms with Crippen molar-refractivity contribution in [2.45, 2.75) is 6.92 Å². The molecule has 0 radical (unpaired) electrons. The molecule has 12 heavy (non-hydrogen) atoms. The van der Waals surface area contributed by atoms with Crippen LogP contribution in [0.15, 0.2) is 8.80 Å². The summed E-state index contributed by atoms with van der Waals surface area (Å²) < 4.78 is 28.8. The maximum Gasteiger partial charge on any atom is 0.367 e. The molecule has 0 aliphatic carbocycles. The molecule has 1 rings (SSSR count). The van der Waals surface area contributed by atoms with Gasteiger partial charge in [0.15, 0.2) is 5.17 Å². The summed E-state index contributed by atoms with van der Waals surface area (Å²) in [6.45, 7) is 1.63. The molecule has 7 heteroatoms. The minimum Gasteiger partial charge on any atom is -0.311 e. The summed E-state index contributed by atoms with van der Waals surface area (Å²) in [7, 11) is -1.89. The molecule has 0 bridgehead atoms. The van der Waals surface area contributed by atoms with Crippen molar-refractivity contribution in [3.05, 3.63) is 0 Å². The third-order valence-corrected chi connectivity index (χ3v) is 3.14. The quantitative estimate of drug-likeness (QED) is 0.573. The van der Waals surface area contributed by atoms with Crippen LogP contribution in [0.25, 0.3) is 0 Å². The smallest absolute Gasteiger partial charge is 0.311 e. The van der Waals surface area contributed by atoms with E-state index in [1.807, 2.05) is 0 Å². The van der Waals surface area contributed by atoms with Gasteiger partial charge in [0.2, 0.25) is 0 Å². The molecular weight excluding hydrogens is 198 g/mol. The molecule has 0 aromatic rings. The van der Waals surface area contributed by atoms with Gasteiger partial charge in [-0.2, -0.15) is 8.42 Å². The standard InChI is InChI=1S/C5H9N3O2S2/c1-4-6-12(9,10)7-5(11-3)8(4)2/h1-3H3. The number of nitrogens with zero attached hydrogens (tertiary/aromatic N) is 3. The number of amidine groups is 2. The number of thioether (sulfide) groups is 1. The molecule has 0 spiro atoms. The second-order valence-electron chi connectivity index (χ2n) is 2.22. The first-order chi connectivity index (χ1) is 5.46. The van der Waals surface area contributed by atoms with E-state index in [0.29, 0.717) is 11.0 Å². The fourth-order valence-corrected chi connectivity index (χ4v) is 2.52. The van der Waals surface area contributed by atoms with Gasteiger partial charge in [-0.3, -0.25) is 0 Å². The summed E-state index contributed by atoms with van der Waals surface area (Å²) in [5, 5.41) is 0.447. The summed E-state index contributed by atoms with van der Waals surface area (Å²) >= 11 is 1.28. The Morgan fingerprint density at radius 3 is 2.50 bits per heavy atom. The second kappa shape index (κ2) is 3.06. The van der Waals surface area contributed by atoms with Crippen molar-refractivity contribution in [3.8, 4) is 0 Å². The van der Waals surface area contributed by atoms with Gasteiger partial charge in [0.1, 0.15) is 5.84 Å². The summed E-state index contributed by atoms with van der Waals surface area (Å²) in [5.41, 5.74) is 0. The summed E-state index contributed by atoms with van der Waals surface area (Å²) in [4.78, 5) is 1.63. The minimum atomic E-state index is -3.61. The molecule has 0 saturated carbocycles. The van der Waals surface area contributed by atoms with Crippen LogP contribution >= 0.6 is 11.8 Å². The van der Waals surface area contributed by atoms with E-state index in [1.165, 1.54) is 11.8 Å². The SMILES string of the molecule is CSC1=NS(=O)(=O)N=C(C)N1C. The number of hydrogen-bond donors (Lipinski definition) is 0. The van der Waals surface area contributed by atoms with E-state index < -0.39 is 10.2 Å². The van der Waals surface area contributed by atoms with Crippen LogP contribution in [0.5, 0.6) is 0 Å². The van der Waals surface area contributed by atoms with Crippen LogP contribution in [-0.2, 0) is 10.2 Å². The molecule has 0 N–H and O–H groups in total. The third-order valence-electron chi connectivity index (χ3n) is 1.40. The Balaban J connectivity index is 3.15. The third kappa shape index (κ3) is 1.78. The molecule has 5 nitrogen and oxygen atoms in total. The predicted octanol–water partition coefficient (Wildman–Crippen LogP) is 0.314. The fourth-order valence-electron chi connectivity index (χ4n) is 0.721. The molecule has 1 heterocycles. The van der Waals surface area contributed by atoms with Gasteiger partial charge in [-0.15, -0.1) is 8.80 Å². The molecule has 0 atom stereocenters. The van der Waals surface area contributed by atoms with Gasteiger partial charge >= 0.3 is 10.2 Å². The zero-order valence-corrected chi connectivity index (χ0v) is 8.61. The molecule has 0 saturated heterocycles. The number of hydrogen-bond acceptors (Lipinski definition) is 4. The Hall–Kier alpha value is -0.560. The summed E-state index contributed by atoms with van der Waals surface area (Å²) in [5.74, 6) is 0.439. The zero-order valence-electron chi connectivity index (χ0n) is 6.97. The van der Waals surface area contributed by atoms with Gasteiger partial charge in [0, 0.05) is 7.05 Å². The van der Waals surface area contributed by atoms with E-state index in [-0.39, 0.29) is 0 Å². The average Bonchev–Trinajstić information content (AvgIpc) is 1.96. The van der Waals surface area contributed by atoms with Crippen LogP contribution in [0.1, 0.15) is 6.92 Å². The largest absolute Gasteiger partial charge is 0.367 e. The first-order valence-electron chi connectivity index (χ1n) is 3.15. The van der Waals surface area contributed by atoms with E-state index in [9.17, 15) is 8.42 Å². The normalized spacial score (nSPS) is 21.8. The highest BCUT2D eigenvalue weighted by Crippen LogP contribution is 2.13. The highest BCUT2D eigenvalue weighted by atomic mass is 32.2. The van der Waals surface area contributed by atoms with Crippen molar-refractivity contribution in [2.75, 3.05) is 13.3 Å². The van der Waals surface area contributed by atoms with Gasteiger partial charge in [0.25, 0.3) is 0 Å². The average molecular weight is 207 g/mol. The molecule has 0 aromatic heterocycles. The van der Waals surface area contributed by atoms with Gasteiger partial charge in [-0.05, 0) is 13.2 Å². The lowest BCUT2D eigenvalue weighted by atomic mass is 10.6. The molecule has 1 aliphatic rings. The molecule has 1 aliphatic heterocycles. The lowest BCUT2D eigenvalue weighted by Gasteiger charge is -2.21. The van der Waals surface area contributed by atoms with Crippen molar-refractivity contribution >= 4 is 33.0 Å². The Morgan fingerprint density at radius 2 is 2.00 bits per heavy atom. The van der Waals surface area contributed by atoms with Crippen molar-refractivity contribution in [3.63, 3.8) is 0 Å². The van der Waals surface area contributed by atoms with Crippen LogP contribution in [0.2, 0.25) is 0 Å². The fraction of sp³-hybridized carbons (Fsp3) is 0.600. The Kier molecular flexibility index (Phi) is 2.43. The van der Waals surface area contributed by atoms with Crippen LogP contribution in [-0.4, -0.2) is 37.6 Å². The van der Waals surface area contributed by atoms with Crippen molar-refractivity contribution in [2.24, 2.45) is 8.80 Å². The van der Waals surface area contributed by atoms with Crippen molar-refractivity contribution in [1.29, 1.82) is 0 Å². The van der Waals surface area contributed by atoms with E-state index >= 15 is 0 Å². The topological polar surface area (TPSA) is 62.1 Å². The summed E-state index contributed by atoms with van der Waals surface area (Å²) in [6, 6.07) is 0. The predicted molar refractivity (Wildman–Crippen MR) is 50.7 cm³/mol. The lowest BCUT2D eigenvalue weighted by molar-refractivity contribution is 0.595. The lowest BCUT2D eigenvalue weighted by Crippen LogP contribution is -2.33. The minimum absolute atomic E-state index is 0.439. The maximum absolute atomic E-state index is 11.0.